The number of aliphatic carboxylic acids is 1. The molecule has 0 bridgehead atoms. The maximum Gasteiger partial charge on any atom is 0.308 e. The number of aryl methyl sites for hydroxylation is 2. The molecule has 0 saturated carbocycles. The first-order chi connectivity index (χ1) is 13.1. The second-order valence-electron chi connectivity index (χ2n) is 7.12. The molecule has 5 nitrogen and oxygen atoms in total. The third-order valence-electron chi connectivity index (χ3n) is 5.27. The zero-order valence-corrected chi connectivity index (χ0v) is 16.4. The predicted molar refractivity (Wildman–Crippen MR) is 110 cm³/mol. The second kappa shape index (κ2) is 7.27. The maximum atomic E-state index is 11.5. The van der Waals surface area contributed by atoms with Crippen molar-refractivity contribution in [2.75, 3.05) is 18.0 Å². The van der Waals surface area contributed by atoms with Crippen LogP contribution in [0.15, 0.2) is 30.6 Å². The van der Waals surface area contributed by atoms with Gasteiger partial charge >= 0.3 is 5.97 Å². The number of nitrogens with zero attached hydrogens (tertiary/aromatic N) is 3. The van der Waals surface area contributed by atoms with Crippen LogP contribution in [0.5, 0.6) is 0 Å². The van der Waals surface area contributed by atoms with Gasteiger partial charge in [0.15, 0.2) is 0 Å². The van der Waals surface area contributed by atoms with E-state index in [2.05, 4.69) is 53.0 Å². The Bertz CT molecular complexity index is 981. The number of rotatable bonds is 4. The van der Waals surface area contributed by atoms with Crippen molar-refractivity contribution in [2.45, 2.75) is 33.1 Å². The van der Waals surface area contributed by atoms with Gasteiger partial charge in [-0.25, -0.2) is 9.97 Å². The molecule has 0 spiro atoms. The number of aromatic nitrogens is 2. The van der Waals surface area contributed by atoms with Gasteiger partial charge in [0.2, 0.25) is 0 Å². The molecule has 27 heavy (non-hydrogen) atoms. The topological polar surface area (TPSA) is 66.3 Å². The van der Waals surface area contributed by atoms with Crippen LogP contribution in [0.25, 0.3) is 21.3 Å². The van der Waals surface area contributed by atoms with E-state index >= 15 is 0 Å². The first-order valence-corrected chi connectivity index (χ1v) is 10.2. The first kappa shape index (κ1) is 17.9. The predicted octanol–water partition coefficient (Wildman–Crippen LogP) is 4.53. The maximum absolute atomic E-state index is 11.5. The second-order valence-corrected chi connectivity index (χ2v) is 8.20. The summed E-state index contributed by atoms with van der Waals surface area (Å²) in [6.07, 6.45) is 4.14. The van der Waals surface area contributed by atoms with Crippen molar-refractivity contribution < 1.29 is 9.90 Å². The van der Waals surface area contributed by atoms with Gasteiger partial charge in [0, 0.05) is 23.5 Å². The van der Waals surface area contributed by atoms with Gasteiger partial charge in [0.25, 0.3) is 0 Å². The van der Waals surface area contributed by atoms with E-state index in [9.17, 15) is 9.90 Å². The Hall–Kier alpha value is -2.47. The summed E-state index contributed by atoms with van der Waals surface area (Å²) >= 11 is 1.71. The van der Waals surface area contributed by atoms with Gasteiger partial charge in [-0.3, -0.25) is 4.79 Å². The van der Waals surface area contributed by atoms with Crippen LogP contribution in [0, 0.1) is 12.8 Å². The molecule has 2 aromatic heterocycles. The SMILES string of the molecule is CCc1sc2ncnc(N3CCCC(C(=O)O)C3)c2c1-c1ccc(C)cc1. The molecule has 1 aliphatic rings. The summed E-state index contributed by atoms with van der Waals surface area (Å²) in [7, 11) is 0. The van der Waals surface area contributed by atoms with Gasteiger partial charge in [-0.15, -0.1) is 11.3 Å². The summed E-state index contributed by atoms with van der Waals surface area (Å²) in [5, 5.41) is 10.5. The molecular formula is C21H23N3O2S. The van der Waals surface area contributed by atoms with E-state index in [1.165, 1.54) is 21.6 Å². The van der Waals surface area contributed by atoms with Crippen LogP contribution in [0.3, 0.4) is 0 Å². The molecule has 1 aromatic carbocycles. The minimum absolute atomic E-state index is 0.337. The molecule has 3 aromatic rings. The number of carbonyl (C=O) groups is 1. The number of hydrogen-bond acceptors (Lipinski definition) is 5. The quantitative estimate of drug-likeness (QED) is 0.719. The highest BCUT2D eigenvalue weighted by atomic mass is 32.1. The van der Waals surface area contributed by atoms with Gasteiger partial charge in [0.1, 0.15) is 17.0 Å². The number of carboxylic acids is 1. The number of piperidine rings is 1. The molecule has 1 unspecified atom stereocenters. The van der Waals surface area contributed by atoms with Crippen LogP contribution >= 0.6 is 11.3 Å². The van der Waals surface area contributed by atoms with Crippen LogP contribution in [-0.4, -0.2) is 34.1 Å². The summed E-state index contributed by atoms with van der Waals surface area (Å²) in [5.74, 6) is -0.184. The Morgan fingerprint density at radius 1 is 1.30 bits per heavy atom. The van der Waals surface area contributed by atoms with Gasteiger partial charge in [-0.05, 0) is 31.7 Å². The van der Waals surface area contributed by atoms with Crippen LogP contribution in [0.4, 0.5) is 5.82 Å². The molecule has 0 radical (unpaired) electrons. The lowest BCUT2D eigenvalue weighted by Crippen LogP contribution is -2.39. The zero-order chi connectivity index (χ0) is 19.0. The summed E-state index contributed by atoms with van der Waals surface area (Å²) in [4.78, 5) is 25.0. The van der Waals surface area contributed by atoms with E-state index in [0.29, 0.717) is 6.54 Å². The van der Waals surface area contributed by atoms with Crippen LogP contribution < -0.4 is 4.90 Å². The summed E-state index contributed by atoms with van der Waals surface area (Å²) in [6, 6.07) is 8.57. The van der Waals surface area contributed by atoms with Gasteiger partial charge < -0.3 is 10.0 Å². The average Bonchev–Trinajstić information content (AvgIpc) is 3.07. The zero-order valence-electron chi connectivity index (χ0n) is 15.6. The molecule has 140 valence electrons. The third kappa shape index (κ3) is 3.30. The Labute approximate surface area is 162 Å². The minimum Gasteiger partial charge on any atom is -0.481 e. The molecule has 1 aliphatic heterocycles. The molecule has 0 amide bonds. The smallest absolute Gasteiger partial charge is 0.308 e. The van der Waals surface area contributed by atoms with E-state index in [-0.39, 0.29) is 5.92 Å². The molecule has 0 aliphatic carbocycles. The molecule has 1 fully saturated rings. The highest BCUT2D eigenvalue weighted by molar-refractivity contribution is 7.19. The lowest BCUT2D eigenvalue weighted by Gasteiger charge is -2.32. The molecular weight excluding hydrogens is 358 g/mol. The summed E-state index contributed by atoms with van der Waals surface area (Å²) < 4.78 is 0. The van der Waals surface area contributed by atoms with E-state index < -0.39 is 5.97 Å². The highest BCUT2D eigenvalue weighted by Crippen LogP contribution is 2.42. The lowest BCUT2D eigenvalue weighted by molar-refractivity contribution is -0.141. The monoisotopic (exact) mass is 381 g/mol. The van der Waals surface area contributed by atoms with E-state index in [1.807, 2.05) is 0 Å². The fourth-order valence-electron chi connectivity index (χ4n) is 3.85. The third-order valence-corrected chi connectivity index (χ3v) is 6.51. The van der Waals surface area contributed by atoms with Gasteiger partial charge in [-0.1, -0.05) is 36.8 Å². The molecule has 3 heterocycles. The summed E-state index contributed by atoms with van der Waals surface area (Å²) in [6.45, 7) is 5.59. The molecule has 4 rings (SSSR count). The number of anilines is 1. The van der Waals surface area contributed by atoms with Gasteiger partial charge in [0.05, 0.1) is 11.3 Å². The van der Waals surface area contributed by atoms with E-state index in [0.717, 1.165) is 41.8 Å². The van der Waals surface area contributed by atoms with Crippen molar-refractivity contribution in [2.24, 2.45) is 5.92 Å². The number of carboxylic acid groups (broad SMARTS) is 1. The number of benzene rings is 1. The largest absolute Gasteiger partial charge is 0.481 e. The number of hydrogen-bond donors (Lipinski definition) is 1. The van der Waals surface area contributed by atoms with E-state index in [4.69, 9.17) is 0 Å². The molecule has 1 saturated heterocycles. The number of fused-ring (bicyclic) bond motifs is 1. The van der Waals surface area contributed by atoms with Gasteiger partial charge in [-0.2, -0.15) is 0 Å². The molecule has 1 N–H and O–H groups in total. The van der Waals surface area contributed by atoms with Crippen molar-refractivity contribution in [3.8, 4) is 11.1 Å². The van der Waals surface area contributed by atoms with Crippen molar-refractivity contribution >= 4 is 33.3 Å². The minimum atomic E-state index is -0.719. The standard InChI is InChI=1S/C21H23N3O2S/c1-3-16-17(14-8-6-13(2)7-9-14)18-19(22-12-23-20(18)27-16)24-10-4-5-15(11-24)21(25)26/h6-9,12,15H,3-5,10-11H2,1-2H3,(H,25,26). The first-order valence-electron chi connectivity index (χ1n) is 9.39. The highest BCUT2D eigenvalue weighted by Gasteiger charge is 2.28. The molecule has 1 atom stereocenters. The fourth-order valence-corrected chi connectivity index (χ4v) is 4.94. The Balaban J connectivity index is 1.88. The lowest BCUT2D eigenvalue weighted by atomic mass is 9.97. The normalized spacial score (nSPS) is 17.4. The van der Waals surface area contributed by atoms with Crippen molar-refractivity contribution in [1.82, 2.24) is 9.97 Å². The van der Waals surface area contributed by atoms with Crippen molar-refractivity contribution in [1.29, 1.82) is 0 Å². The van der Waals surface area contributed by atoms with Crippen molar-refractivity contribution in [3.63, 3.8) is 0 Å². The molecule has 6 heteroatoms. The Morgan fingerprint density at radius 3 is 2.78 bits per heavy atom. The number of thiophene rings is 1. The Morgan fingerprint density at radius 2 is 2.07 bits per heavy atom. The van der Waals surface area contributed by atoms with E-state index in [1.54, 1.807) is 17.7 Å². The average molecular weight is 382 g/mol. The van der Waals surface area contributed by atoms with Crippen LogP contribution in [-0.2, 0) is 11.2 Å². The summed E-state index contributed by atoms with van der Waals surface area (Å²) in [5.41, 5.74) is 3.60. The fraction of sp³-hybridized carbons (Fsp3) is 0.381. The van der Waals surface area contributed by atoms with Crippen LogP contribution in [0.2, 0.25) is 0 Å². The van der Waals surface area contributed by atoms with Crippen molar-refractivity contribution in [3.05, 3.63) is 41.0 Å². The Kier molecular flexibility index (Phi) is 4.83. The van der Waals surface area contributed by atoms with Crippen LogP contribution in [0.1, 0.15) is 30.2 Å².